The molecule has 1 atom stereocenters. The van der Waals surface area contributed by atoms with E-state index < -0.39 is 12.3 Å². The van der Waals surface area contributed by atoms with Gasteiger partial charge in [-0.1, -0.05) is 6.07 Å². The molecule has 0 saturated heterocycles. The summed E-state index contributed by atoms with van der Waals surface area (Å²) in [5, 5.41) is 36.0. The minimum Gasteiger partial charge on any atom is -0.595 e. The van der Waals surface area contributed by atoms with Gasteiger partial charge in [0.15, 0.2) is 11.5 Å². The maximum Gasteiger partial charge on any atom is 0.488 e. The maximum absolute atomic E-state index is 11.0. The quantitative estimate of drug-likeness (QED) is 0.262. The molecule has 1 aromatic carbocycles. The summed E-state index contributed by atoms with van der Waals surface area (Å²) in [5.74, 6) is -0.333. The first-order valence-corrected chi connectivity index (χ1v) is 4.17. The molecule has 0 aliphatic rings. The number of Topliss-reactive ketones (excluding diaryl/α,β-unsaturated/α-hetero) is 1. The summed E-state index contributed by atoms with van der Waals surface area (Å²) in [4.78, 5) is 11.0. The van der Waals surface area contributed by atoms with Crippen LogP contribution in [-0.2, 0) is 0 Å². The molecule has 4 N–H and O–H groups in total. The average Bonchev–Trinajstić information content (AvgIpc) is 2.16. The van der Waals surface area contributed by atoms with Gasteiger partial charge in [-0.25, -0.2) is 5.21 Å². The van der Waals surface area contributed by atoms with Crippen LogP contribution in [0.15, 0.2) is 18.2 Å². The minimum atomic E-state index is -1.79. The molecule has 1 aromatic rings. The summed E-state index contributed by atoms with van der Waals surface area (Å²) in [7, 11) is -1.79. The predicted molar refractivity (Wildman–Crippen MR) is 52.0 cm³/mol. The molecule has 80 valence electrons. The largest absolute Gasteiger partial charge is 0.595 e. The highest BCUT2D eigenvalue weighted by atomic mass is 16.8. The Hall–Kier alpha value is -1.25. The van der Waals surface area contributed by atoms with Gasteiger partial charge >= 0.3 is 7.12 Å². The smallest absolute Gasteiger partial charge is 0.488 e. The Morgan fingerprint density at radius 1 is 1.40 bits per heavy atom. The lowest BCUT2D eigenvalue weighted by molar-refractivity contribution is -0.991. The number of carbonyl (C=O) groups excluding carboxylic acids is 1. The van der Waals surface area contributed by atoms with E-state index in [4.69, 9.17) is 15.3 Å². The van der Waals surface area contributed by atoms with Gasteiger partial charge in [-0.05, 0) is 12.4 Å². The Morgan fingerprint density at radius 3 is 2.40 bits per heavy atom. The van der Waals surface area contributed by atoms with Gasteiger partial charge in [-0.15, -0.1) is 0 Å². The normalized spacial score (nSPS) is 12.3. The number of ketones is 1. The fraction of sp³-hybridized carbons (Fsp3) is 0.125. The first kappa shape index (κ1) is 11.8. The molecule has 6 nitrogen and oxygen atoms in total. The molecule has 0 radical (unpaired) electrons. The van der Waals surface area contributed by atoms with Gasteiger partial charge in [-0.3, -0.25) is 4.79 Å². The summed E-state index contributed by atoms with van der Waals surface area (Å²) in [6, 6.07) is 3.55. The zero-order valence-corrected chi connectivity index (χ0v) is 7.97. The van der Waals surface area contributed by atoms with E-state index in [-0.39, 0.29) is 22.5 Å². The SMILES string of the molecule is CC(=O)c1cc(B(O)O)cc([NH+]([O-])O)c1. The number of quaternary nitrogens is 1. The van der Waals surface area contributed by atoms with E-state index >= 15 is 0 Å². The van der Waals surface area contributed by atoms with Crippen molar-refractivity contribution >= 4 is 24.1 Å². The van der Waals surface area contributed by atoms with E-state index in [0.29, 0.717) is 0 Å². The van der Waals surface area contributed by atoms with Crippen LogP contribution in [0.4, 0.5) is 5.69 Å². The highest BCUT2D eigenvalue weighted by Gasteiger charge is 2.16. The van der Waals surface area contributed by atoms with Crippen molar-refractivity contribution in [2.75, 3.05) is 0 Å². The van der Waals surface area contributed by atoms with E-state index in [0.717, 1.165) is 6.07 Å². The van der Waals surface area contributed by atoms with Crippen molar-refractivity contribution in [3.63, 3.8) is 0 Å². The van der Waals surface area contributed by atoms with Crippen molar-refractivity contribution in [3.8, 4) is 0 Å². The Labute approximate surface area is 86.1 Å². The van der Waals surface area contributed by atoms with Gasteiger partial charge in [0.25, 0.3) is 0 Å². The van der Waals surface area contributed by atoms with Crippen molar-refractivity contribution in [1.29, 1.82) is 0 Å². The van der Waals surface area contributed by atoms with Crippen LogP contribution in [-0.4, -0.2) is 28.2 Å². The van der Waals surface area contributed by atoms with Crippen LogP contribution in [0.2, 0.25) is 0 Å². The molecule has 0 bridgehead atoms. The number of rotatable bonds is 3. The summed E-state index contributed by atoms with van der Waals surface area (Å²) in [5.41, 5.74) is -0.0242. The second-order valence-electron chi connectivity index (χ2n) is 3.08. The van der Waals surface area contributed by atoms with E-state index in [2.05, 4.69) is 0 Å². The number of carbonyl (C=O) groups is 1. The zero-order valence-electron chi connectivity index (χ0n) is 7.97. The fourth-order valence-corrected chi connectivity index (χ4v) is 1.13. The zero-order chi connectivity index (χ0) is 11.6. The van der Waals surface area contributed by atoms with Crippen LogP contribution < -0.4 is 10.7 Å². The molecule has 0 amide bonds. The van der Waals surface area contributed by atoms with Crippen LogP contribution in [0.5, 0.6) is 0 Å². The molecule has 0 heterocycles. The first-order valence-electron chi connectivity index (χ1n) is 4.17. The van der Waals surface area contributed by atoms with Crippen molar-refractivity contribution < 1.29 is 25.3 Å². The van der Waals surface area contributed by atoms with Crippen LogP contribution >= 0.6 is 0 Å². The van der Waals surface area contributed by atoms with Crippen molar-refractivity contribution in [3.05, 3.63) is 29.0 Å². The number of nitrogens with one attached hydrogen (secondary N) is 1. The summed E-state index contributed by atoms with van der Waals surface area (Å²) < 4.78 is 0. The molecule has 0 aliphatic heterocycles. The Kier molecular flexibility index (Phi) is 3.56. The van der Waals surface area contributed by atoms with Gasteiger partial charge in [0, 0.05) is 17.7 Å². The molecule has 1 rings (SSSR count). The van der Waals surface area contributed by atoms with Crippen LogP contribution in [0, 0.1) is 5.21 Å². The number of hydrogen-bond donors (Lipinski definition) is 4. The minimum absolute atomic E-state index is 0.0138. The van der Waals surface area contributed by atoms with Gasteiger partial charge < -0.3 is 15.3 Å². The molecule has 0 fully saturated rings. The lowest BCUT2D eigenvalue weighted by atomic mass is 9.79. The van der Waals surface area contributed by atoms with Crippen molar-refractivity contribution in [2.24, 2.45) is 0 Å². The lowest BCUT2D eigenvalue weighted by Gasteiger charge is -2.13. The van der Waals surface area contributed by atoms with E-state index in [1.807, 2.05) is 0 Å². The summed E-state index contributed by atoms with van der Waals surface area (Å²) >= 11 is 0. The van der Waals surface area contributed by atoms with Crippen LogP contribution in [0.3, 0.4) is 0 Å². The second kappa shape index (κ2) is 4.52. The van der Waals surface area contributed by atoms with Crippen molar-refractivity contribution in [1.82, 2.24) is 0 Å². The van der Waals surface area contributed by atoms with E-state index in [1.54, 1.807) is 0 Å². The van der Waals surface area contributed by atoms with Gasteiger partial charge in [-0.2, -0.15) is 5.23 Å². The molecular formula is C8H10BNO5. The van der Waals surface area contributed by atoms with Crippen molar-refractivity contribution in [2.45, 2.75) is 6.92 Å². The molecule has 15 heavy (non-hydrogen) atoms. The van der Waals surface area contributed by atoms with Crippen LogP contribution in [0.25, 0.3) is 0 Å². The third-order valence-corrected chi connectivity index (χ3v) is 1.91. The molecule has 0 aliphatic carbocycles. The number of hydrogen-bond acceptors (Lipinski definition) is 5. The van der Waals surface area contributed by atoms with Gasteiger partial charge in [0.05, 0.1) is 0 Å². The Bertz CT molecular complexity index is 353. The van der Waals surface area contributed by atoms with E-state index in [1.165, 1.54) is 19.1 Å². The molecular weight excluding hydrogens is 201 g/mol. The standard InChI is InChI=1S/C8H10BNO5/c1-5(11)6-2-7(9(12)13)4-8(3-6)10(14)15/h2-4,10,12-14H,1H3. The molecule has 0 aromatic heterocycles. The molecule has 0 saturated carbocycles. The monoisotopic (exact) mass is 211 g/mol. The van der Waals surface area contributed by atoms with Gasteiger partial charge in [0.2, 0.25) is 0 Å². The molecule has 1 unspecified atom stereocenters. The molecule has 0 spiro atoms. The third-order valence-electron chi connectivity index (χ3n) is 1.91. The highest BCUT2D eigenvalue weighted by Crippen LogP contribution is 2.05. The predicted octanol–water partition coefficient (Wildman–Crippen LogP) is -2.03. The molecule has 7 heteroatoms. The maximum atomic E-state index is 11.0. The van der Waals surface area contributed by atoms with Crippen LogP contribution in [0.1, 0.15) is 17.3 Å². The second-order valence-corrected chi connectivity index (χ2v) is 3.08. The average molecular weight is 211 g/mol. The number of benzene rings is 1. The Balaban J connectivity index is 3.26. The highest BCUT2D eigenvalue weighted by molar-refractivity contribution is 6.58. The third kappa shape index (κ3) is 2.85. The topological polar surface area (TPSA) is 105 Å². The Morgan fingerprint density at radius 2 is 2.00 bits per heavy atom. The fourth-order valence-electron chi connectivity index (χ4n) is 1.13. The lowest BCUT2D eigenvalue weighted by Crippen LogP contribution is -2.99. The van der Waals surface area contributed by atoms with E-state index in [9.17, 15) is 10.0 Å². The summed E-state index contributed by atoms with van der Waals surface area (Å²) in [6.07, 6.45) is 0. The summed E-state index contributed by atoms with van der Waals surface area (Å²) in [6.45, 7) is 1.27. The first-order chi connectivity index (χ1) is 6.91. The van der Waals surface area contributed by atoms with Gasteiger partial charge in [0.1, 0.15) is 0 Å².